The summed E-state index contributed by atoms with van der Waals surface area (Å²) in [5.74, 6) is 0.927. The molecule has 0 amide bonds. The van der Waals surface area contributed by atoms with Crippen molar-refractivity contribution in [3.8, 4) is 5.75 Å². The average Bonchev–Trinajstić information content (AvgIpc) is 2.54. The minimum atomic E-state index is 0.226. The summed E-state index contributed by atoms with van der Waals surface area (Å²) in [6, 6.07) is 15.1. The van der Waals surface area contributed by atoms with Crippen molar-refractivity contribution in [1.82, 2.24) is 0 Å². The van der Waals surface area contributed by atoms with Crippen molar-refractivity contribution in [3.05, 3.63) is 64.7 Å². The van der Waals surface area contributed by atoms with Crippen LogP contribution in [0.4, 0.5) is 0 Å². The molecule has 0 heterocycles. The average molecular weight is 347 g/mol. The van der Waals surface area contributed by atoms with Crippen LogP contribution in [0.25, 0.3) is 0 Å². The number of aryl methyl sites for hydroxylation is 2. The van der Waals surface area contributed by atoms with E-state index in [1.54, 1.807) is 0 Å². The maximum absolute atomic E-state index is 5.50. The van der Waals surface area contributed by atoms with Crippen molar-refractivity contribution in [2.24, 2.45) is 0 Å². The molecule has 0 N–H and O–H groups in total. The van der Waals surface area contributed by atoms with Crippen LogP contribution in [0.3, 0.4) is 0 Å². The van der Waals surface area contributed by atoms with Crippen LogP contribution in [-0.4, -0.2) is 6.61 Å². The van der Waals surface area contributed by atoms with E-state index in [0.717, 1.165) is 18.6 Å². The topological polar surface area (TPSA) is 9.23 Å². The van der Waals surface area contributed by atoms with Gasteiger partial charge in [-0.3, -0.25) is 0 Å². The van der Waals surface area contributed by atoms with Gasteiger partial charge in [-0.25, -0.2) is 0 Å². The highest BCUT2D eigenvalue weighted by Gasteiger charge is 2.12. The Hall–Kier alpha value is -1.28. The fourth-order valence-corrected chi connectivity index (χ4v) is 3.16. The number of hydrogen-bond donors (Lipinski definition) is 0. The quantitative estimate of drug-likeness (QED) is 0.610. The van der Waals surface area contributed by atoms with Gasteiger partial charge in [-0.05, 0) is 54.2 Å². The molecule has 1 atom stereocenters. The lowest BCUT2D eigenvalue weighted by Gasteiger charge is -2.15. The van der Waals surface area contributed by atoms with Crippen LogP contribution in [-0.2, 0) is 12.8 Å². The third-order valence-electron chi connectivity index (χ3n) is 3.77. The molecule has 0 radical (unpaired) electrons. The minimum Gasteiger partial charge on any atom is -0.494 e. The second-order valence-electron chi connectivity index (χ2n) is 5.10. The molecular formula is C19H23BrO. The van der Waals surface area contributed by atoms with Crippen molar-refractivity contribution in [2.45, 2.75) is 38.4 Å². The molecule has 0 aliphatic rings. The first-order chi connectivity index (χ1) is 10.2. The maximum Gasteiger partial charge on any atom is 0.119 e. The Morgan fingerprint density at radius 2 is 1.48 bits per heavy atom. The van der Waals surface area contributed by atoms with E-state index in [1.807, 2.05) is 19.1 Å². The van der Waals surface area contributed by atoms with E-state index in [4.69, 9.17) is 4.74 Å². The molecule has 0 bridgehead atoms. The largest absolute Gasteiger partial charge is 0.494 e. The SMILES string of the molecule is CCOc1ccc(C(Br)c2ccc(CC)c(CC)c2)cc1. The summed E-state index contributed by atoms with van der Waals surface area (Å²) in [5, 5.41) is 0. The monoisotopic (exact) mass is 346 g/mol. The number of halogens is 1. The Bertz CT molecular complexity index is 575. The Labute approximate surface area is 136 Å². The number of alkyl halides is 1. The van der Waals surface area contributed by atoms with Crippen molar-refractivity contribution in [1.29, 1.82) is 0 Å². The van der Waals surface area contributed by atoms with Gasteiger partial charge in [0.1, 0.15) is 5.75 Å². The van der Waals surface area contributed by atoms with E-state index in [9.17, 15) is 0 Å². The van der Waals surface area contributed by atoms with Crippen molar-refractivity contribution < 1.29 is 4.74 Å². The van der Waals surface area contributed by atoms with Gasteiger partial charge >= 0.3 is 0 Å². The minimum absolute atomic E-state index is 0.226. The molecule has 1 nitrogen and oxygen atoms in total. The Kier molecular flexibility index (Phi) is 5.86. The Balaban J connectivity index is 2.24. The first kappa shape index (κ1) is 16.1. The van der Waals surface area contributed by atoms with E-state index < -0.39 is 0 Å². The van der Waals surface area contributed by atoms with Gasteiger partial charge in [0.2, 0.25) is 0 Å². The molecule has 21 heavy (non-hydrogen) atoms. The zero-order valence-electron chi connectivity index (χ0n) is 13.0. The van der Waals surface area contributed by atoms with E-state index in [1.165, 1.54) is 22.3 Å². The number of ether oxygens (including phenoxy) is 1. The molecule has 2 rings (SSSR count). The van der Waals surface area contributed by atoms with Gasteiger partial charge in [-0.1, -0.05) is 60.1 Å². The third kappa shape index (κ3) is 3.88. The van der Waals surface area contributed by atoms with Crippen molar-refractivity contribution >= 4 is 15.9 Å². The summed E-state index contributed by atoms with van der Waals surface area (Å²) < 4.78 is 5.50. The van der Waals surface area contributed by atoms with E-state index in [0.29, 0.717) is 6.61 Å². The summed E-state index contributed by atoms with van der Waals surface area (Å²) >= 11 is 3.83. The molecule has 2 aromatic carbocycles. The molecule has 2 aromatic rings. The zero-order valence-corrected chi connectivity index (χ0v) is 14.6. The molecule has 0 aliphatic heterocycles. The van der Waals surface area contributed by atoms with Crippen LogP contribution in [0, 0.1) is 0 Å². The molecule has 0 fully saturated rings. The highest BCUT2D eigenvalue weighted by Crippen LogP contribution is 2.33. The number of hydrogen-bond acceptors (Lipinski definition) is 1. The maximum atomic E-state index is 5.50. The molecule has 0 spiro atoms. The summed E-state index contributed by atoms with van der Waals surface area (Å²) in [6.45, 7) is 7.14. The summed E-state index contributed by atoms with van der Waals surface area (Å²) in [7, 11) is 0. The fourth-order valence-electron chi connectivity index (χ4n) is 2.57. The molecule has 0 saturated heterocycles. The predicted octanol–water partition coefficient (Wildman–Crippen LogP) is 5.69. The lowest BCUT2D eigenvalue weighted by atomic mass is 9.96. The molecular weight excluding hydrogens is 324 g/mol. The van der Waals surface area contributed by atoms with E-state index in [-0.39, 0.29) is 4.83 Å². The Morgan fingerprint density at radius 1 is 0.857 bits per heavy atom. The molecule has 1 unspecified atom stereocenters. The molecule has 0 aliphatic carbocycles. The van der Waals surface area contributed by atoms with E-state index >= 15 is 0 Å². The molecule has 112 valence electrons. The van der Waals surface area contributed by atoms with Gasteiger partial charge in [-0.2, -0.15) is 0 Å². The van der Waals surface area contributed by atoms with Crippen LogP contribution in [0.2, 0.25) is 0 Å². The fraction of sp³-hybridized carbons (Fsp3) is 0.368. The van der Waals surface area contributed by atoms with E-state index in [2.05, 4.69) is 60.1 Å². The van der Waals surface area contributed by atoms with Crippen LogP contribution in [0.1, 0.15) is 47.9 Å². The highest BCUT2D eigenvalue weighted by atomic mass is 79.9. The second kappa shape index (κ2) is 7.65. The van der Waals surface area contributed by atoms with Gasteiger partial charge in [0.05, 0.1) is 11.4 Å². The Morgan fingerprint density at radius 3 is 2.05 bits per heavy atom. The van der Waals surface area contributed by atoms with Gasteiger partial charge < -0.3 is 4.74 Å². The van der Waals surface area contributed by atoms with Crippen LogP contribution in [0.5, 0.6) is 5.75 Å². The smallest absolute Gasteiger partial charge is 0.119 e. The third-order valence-corrected chi connectivity index (χ3v) is 4.83. The highest BCUT2D eigenvalue weighted by molar-refractivity contribution is 9.09. The van der Waals surface area contributed by atoms with Gasteiger partial charge in [0.15, 0.2) is 0 Å². The van der Waals surface area contributed by atoms with Crippen LogP contribution in [0.15, 0.2) is 42.5 Å². The summed E-state index contributed by atoms with van der Waals surface area (Å²) in [5.41, 5.74) is 5.47. The normalized spacial score (nSPS) is 12.2. The van der Waals surface area contributed by atoms with Crippen molar-refractivity contribution in [3.63, 3.8) is 0 Å². The predicted molar refractivity (Wildman–Crippen MR) is 93.6 cm³/mol. The number of rotatable bonds is 6. The zero-order chi connectivity index (χ0) is 15.2. The lowest BCUT2D eigenvalue weighted by Crippen LogP contribution is -1.98. The summed E-state index contributed by atoms with van der Waals surface area (Å²) in [6.07, 6.45) is 2.18. The molecule has 0 aromatic heterocycles. The van der Waals surface area contributed by atoms with Gasteiger partial charge in [0.25, 0.3) is 0 Å². The summed E-state index contributed by atoms with van der Waals surface area (Å²) in [4.78, 5) is 0.226. The first-order valence-corrected chi connectivity index (χ1v) is 8.59. The van der Waals surface area contributed by atoms with Crippen LogP contribution >= 0.6 is 15.9 Å². The second-order valence-corrected chi connectivity index (χ2v) is 6.02. The standard InChI is InChI=1S/C19H23BrO/c1-4-14-7-8-17(13-15(14)5-2)19(20)16-9-11-18(12-10-16)21-6-3/h7-13,19H,4-6H2,1-3H3. The van der Waals surface area contributed by atoms with Gasteiger partial charge in [-0.15, -0.1) is 0 Å². The number of benzene rings is 2. The molecule has 0 saturated carbocycles. The molecule has 2 heteroatoms. The lowest BCUT2D eigenvalue weighted by molar-refractivity contribution is 0.340. The first-order valence-electron chi connectivity index (χ1n) is 7.68. The van der Waals surface area contributed by atoms with Crippen molar-refractivity contribution in [2.75, 3.05) is 6.61 Å². The van der Waals surface area contributed by atoms with Crippen LogP contribution < -0.4 is 4.74 Å². The van der Waals surface area contributed by atoms with Gasteiger partial charge in [0, 0.05) is 0 Å².